The lowest BCUT2D eigenvalue weighted by molar-refractivity contribution is -0.137. The zero-order valence-corrected chi connectivity index (χ0v) is 8.45. The summed E-state index contributed by atoms with van der Waals surface area (Å²) in [5.74, 6) is -0.512. The van der Waals surface area contributed by atoms with Crippen molar-refractivity contribution in [2.45, 2.75) is 39.3 Å². The number of rotatable bonds is 6. The van der Waals surface area contributed by atoms with Gasteiger partial charge in [-0.05, 0) is 12.8 Å². The molecule has 0 aromatic rings. The van der Waals surface area contributed by atoms with Crippen LogP contribution in [-0.2, 0) is 4.79 Å². The summed E-state index contributed by atoms with van der Waals surface area (Å²) in [5.41, 5.74) is 0. The maximum absolute atomic E-state index is 10.3. The second kappa shape index (κ2) is 5.94. The number of nitrogens with one attached hydrogen (secondary N) is 1. The maximum atomic E-state index is 10.3. The predicted molar refractivity (Wildman–Crippen MR) is 50.6 cm³/mol. The van der Waals surface area contributed by atoms with Gasteiger partial charge in [-0.15, -0.1) is 0 Å². The van der Waals surface area contributed by atoms with Crippen molar-refractivity contribution in [3.63, 3.8) is 0 Å². The van der Waals surface area contributed by atoms with Crippen molar-refractivity contribution < 1.29 is 15.0 Å². The molecule has 0 amide bonds. The topological polar surface area (TPSA) is 69.6 Å². The van der Waals surface area contributed by atoms with Crippen LogP contribution in [0.1, 0.15) is 27.2 Å². The van der Waals surface area contributed by atoms with Gasteiger partial charge in [-0.25, -0.2) is 0 Å². The first-order chi connectivity index (χ1) is 5.97. The van der Waals surface area contributed by atoms with Gasteiger partial charge in [0.2, 0.25) is 0 Å². The zero-order chi connectivity index (χ0) is 10.4. The second-order valence-corrected chi connectivity index (χ2v) is 3.70. The van der Waals surface area contributed by atoms with E-state index in [0.29, 0.717) is 5.92 Å². The summed E-state index contributed by atoms with van der Waals surface area (Å²) in [5, 5.41) is 20.5. The number of hydrogen-bond donors (Lipinski definition) is 3. The summed E-state index contributed by atoms with van der Waals surface area (Å²) in [6.07, 6.45) is 0.0865. The van der Waals surface area contributed by atoms with Crippen LogP contribution in [0.2, 0.25) is 0 Å². The number of carboxylic acid groups (broad SMARTS) is 1. The molecule has 0 bridgehead atoms. The van der Waals surface area contributed by atoms with E-state index in [4.69, 9.17) is 10.2 Å². The monoisotopic (exact) mass is 189 g/mol. The Morgan fingerprint density at radius 2 is 1.92 bits per heavy atom. The van der Waals surface area contributed by atoms with Gasteiger partial charge in [0.1, 0.15) is 0 Å². The molecule has 0 heterocycles. The van der Waals surface area contributed by atoms with E-state index in [1.165, 1.54) is 0 Å². The Hall–Kier alpha value is -0.610. The largest absolute Gasteiger partial charge is 0.481 e. The van der Waals surface area contributed by atoms with Gasteiger partial charge < -0.3 is 15.5 Å². The number of aliphatic hydroxyl groups excluding tert-OH is 1. The van der Waals surface area contributed by atoms with Gasteiger partial charge in [-0.2, -0.15) is 0 Å². The average molecular weight is 189 g/mol. The summed E-state index contributed by atoms with van der Waals surface area (Å²) in [4.78, 5) is 10.3. The Balaban J connectivity index is 3.86. The quantitative estimate of drug-likeness (QED) is 0.567. The summed E-state index contributed by atoms with van der Waals surface area (Å²) < 4.78 is 0. The Morgan fingerprint density at radius 3 is 2.23 bits per heavy atom. The molecule has 0 aliphatic carbocycles. The Kier molecular flexibility index (Phi) is 5.66. The van der Waals surface area contributed by atoms with E-state index in [1.54, 1.807) is 6.92 Å². The van der Waals surface area contributed by atoms with Gasteiger partial charge >= 0.3 is 5.97 Å². The van der Waals surface area contributed by atoms with Crippen molar-refractivity contribution >= 4 is 5.97 Å². The van der Waals surface area contributed by atoms with Crippen molar-refractivity contribution in [2.24, 2.45) is 5.92 Å². The predicted octanol–water partition coefficient (Wildman–Crippen LogP) is 0.456. The molecular weight excluding hydrogens is 170 g/mol. The van der Waals surface area contributed by atoms with Crippen molar-refractivity contribution in [3.05, 3.63) is 0 Å². The van der Waals surface area contributed by atoms with Crippen molar-refractivity contribution in [1.29, 1.82) is 0 Å². The van der Waals surface area contributed by atoms with Gasteiger partial charge in [0.15, 0.2) is 0 Å². The second-order valence-electron chi connectivity index (χ2n) is 3.70. The zero-order valence-electron chi connectivity index (χ0n) is 8.45. The highest BCUT2D eigenvalue weighted by Gasteiger charge is 2.16. The lowest BCUT2D eigenvalue weighted by atomic mass is 10.0. The minimum absolute atomic E-state index is 0.0191. The molecule has 2 unspecified atom stereocenters. The normalized spacial score (nSPS) is 15.8. The highest BCUT2D eigenvalue weighted by atomic mass is 16.4. The fraction of sp³-hybridized carbons (Fsp3) is 0.889. The fourth-order valence-electron chi connectivity index (χ4n) is 1.14. The molecule has 0 saturated heterocycles. The molecule has 4 heteroatoms. The van der Waals surface area contributed by atoms with E-state index in [2.05, 4.69) is 5.32 Å². The summed E-state index contributed by atoms with van der Waals surface area (Å²) in [6.45, 7) is 5.82. The molecule has 0 radical (unpaired) electrons. The lowest BCUT2D eigenvalue weighted by Gasteiger charge is -2.23. The van der Waals surface area contributed by atoms with E-state index in [-0.39, 0.29) is 25.1 Å². The lowest BCUT2D eigenvalue weighted by Crippen LogP contribution is -2.43. The maximum Gasteiger partial charge on any atom is 0.304 e. The molecule has 0 aliphatic heterocycles. The minimum atomic E-state index is -0.819. The van der Waals surface area contributed by atoms with E-state index in [1.807, 2.05) is 13.8 Å². The Labute approximate surface area is 79.0 Å². The van der Waals surface area contributed by atoms with Crippen LogP contribution >= 0.6 is 0 Å². The first-order valence-electron chi connectivity index (χ1n) is 4.56. The minimum Gasteiger partial charge on any atom is -0.481 e. The molecule has 0 aliphatic rings. The third-order valence-electron chi connectivity index (χ3n) is 1.98. The van der Waals surface area contributed by atoms with Crippen LogP contribution in [-0.4, -0.2) is 34.9 Å². The molecule has 0 fully saturated rings. The first-order valence-corrected chi connectivity index (χ1v) is 4.56. The molecule has 0 saturated carbocycles. The Bertz CT molecular complexity index is 159. The van der Waals surface area contributed by atoms with Crippen molar-refractivity contribution in [1.82, 2.24) is 5.32 Å². The molecule has 3 N–H and O–H groups in total. The highest BCUT2D eigenvalue weighted by molar-refractivity contribution is 5.67. The molecule has 0 rings (SSSR count). The van der Waals surface area contributed by atoms with Crippen LogP contribution in [0, 0.1) is 5.92 Å². The van der Waals surface area contributed by atoms with Crippen LogP contribution in [0.3, 0.4) is 0 Å². The molecule has 2 atom stereocenters. The molecular formula is C9H19NO3. The van der Waals surface area contributed by atoms with E-state index in [0.717, 1.165) is 0 Å². The van der Waals surface area contributed by atoms with E-state index < -0.39 is 5.97 Å². The van der Waals surface area contributed by atoms with Crippen LogP contribution in [0.4, 0.5) is 0 Å². The van der Waals surface area contributed by atoms with Gasteiger partial charge in [0.05, 0.1) is 13.0 Å². The van der Waals surface area contributed by atoms with Crippen LogP contribution < -0.4 is 5.32 Å². The Morgan fingerprint density at radius 1 is 1.38 bits per heavy atom. The summed E-state index contributed by atoms with van der Waals surface area (Å²) >= 11 is 0. The molecule has 0 aromatic carbocycles. The summed E-state index contributed by atoms with van der Waals surface area (Å²) in [7, 11) is 0. The summed E-state index contributed by atoms with van der Waals surface area (Å²) in [6, 6.07) is -0.119. The third kappa shape index (κ3) is 5.60. The van der Waals surface area contributed by atoms with Gasteiger partial charge in [-0.1, -0.05) is 13.8 Å². The number of aliphatic hydroxyl groups is 1. The first kappa shape index (κ1) is 12.4. The van der Waals surface area contributed by atoms with Crippen molar-refractivity contribution in [3.8, 4) is 0 Å². The molecule has 0 spiro atoms. The molecule has 0 aromatic heterocycles. The van der Waals surface area contributed by atoms with Crippen LogP contribution in [0.15, 0.2) is 0 Å². The number of carboxylic acids is 1. The van der Waals surface area contributed by atoms with Gasteiger partial charge in [0.25, 0.3) is 0 Å². The van der Waals surface area contributed by atoms with Crippen LogP contribution in [0.5, 0.6) is 0 Å². The smallest absolute Gasteiger partial charge is 0.304 e. The average Bonchev–Trinajstić information content (AvgIpc) is 1.98. The van der Waals surface area contributed by atoms with E-state index >= 15 is 0 Å². The highest BCUT2D eigenvalue weighted by Crippen LogP contribution is 2.03. The number of hydrogen-bond acceptors (Lipinski definition) is 3. The number of aliphatic carboxylic acids is 1. The third-order valence-corrected chi connectivity index (χ3v) is 1.98. The SMILES string of the molecule is CC(CC(=O)O)NC(CO)C(C)C. The van der Waals surface area contributed by atoms with E-state index in [9.17, 15) is 4.79 Å². The fourth-order valence-corrected chi connectivity index (χ4v) is 1.14. The molecule has 13 heavy (non-hydrogen) atoms. The molecule has 78 valence electrons. The number of carbonyl (C=O) groups is 1. The van der Waals surface area contributed by atoms with Crippen molar-refractivity contribution in [2.75, 3.05) is 6.61 Å². The molecule has 4 nitrogen and oxygen atoms in total. The van der Waals surface area contributed by atoms with Gasteiger partial charge in [-0.3, -0.25) is 4.79 Å². The standard InChI is InChI=1S/C9H19NO3/c1-6(2)8(5-11)10-7(3)4-9(12)13/h6-8,10-11H,4-5H2,1-3H3,(H,12,13). The van der Waals surface area contributed by atoms with Crippen LogP contribution in [0.25, 0.3) is 0 Å². The van der Waals surface area contributed by atoms with Gasteiger partial charge in [0, 0.05) is 12.1 Å².